The second-order valence-electron chi connectivity index (χ2n) is 8.86. The first-order chi connectivity index (χ1) is 15.0. The Bertz CT molecular complexity index is 1010. The maximum Gasteiger partial charge on any atom is 0.332 e. The number of fused-ring (bicyclic) bond motifs is 3. The van der Waals surface area contributed by atoms with Crippen LogP contribution in [0, 0.1) is 11.8 Å². The molecule has 0 amide bonds. The molecule has 5 rings (SSSR count). The highest BCUT2D eigenvalue weighted by Gasteiger charge is 2.65. The van der Waals surface area contributed by atoms with Gasteiger partial charge in [0.05, 0.1) is 12.1 Å². The Morgan fingerprint density at radius 1 is 1.16 bits per heavy atom. The summed E-state index contributed by atoms with van der Waals surface area (Å²) < 4.78 is 17.2. The van der Waals surface area contributed by atoms with Gasteiger partial charge in [0, 0.05) is 69.3 Å². The van der Waals surface area contributed by atoms with Crippen LogP contribution < -0.4 is 4.90 Å². The van der Waals surface area contributed by atoms with E-state index in [0.29, 0.717) is 0 Å². The van der Waals surface area contributed by atoms with E-state index in [0.717, 1.165) is 41.7 Å². The Balaban J connectivity index is 1.50. The molecule has 1 aromatic carbocycles. The van der Waals surface area contributed by atoms with Crippen molar-refractivity contribution in [3.8, 4) is 11.8 Å². The van der Waals surface area contributed by atoms with Crippen molar-refractivity contribution in [2.24, 2.45) is 0 Å². The van der Waals surface area contributed by atoms with Crippen LogP contribution in [0.3, 0.4) is 0 Å². The van der Waals surface area contributed by atoms with Gasteiger partial charge in [-0.25, -0.2) is 4.79 Å². The normalized spacial score (nSPS) is 30.9. The van der Waals surface area contributed by atoms with Gasteiger partial charge in [0.15, 0.2) is 11.9 Å². The summed E-state index contributed by atoms with van der Waals surface area (Å²) in [5.41, 5.74) is 3.32. The van der Waals surface area contributed by atoms with Gasteiger partial charge in [0.2, 0.25) is 0 Å². The third kappa shape index (κ3) is 3.11. The minimum absolute atomic E-state index is 0.128. The van der Waals surface area contributed by atoms with Crippen LogP contribution in [-0.4, -0.2) is 69.2 Å². The molecule has 1 unspecified atom stereocenters. The number of rotatable bonds is 4. The Morgan fingerprint density at radius 3 is 2.58 bits per heavy atom. The molecular formula is C25H28N2O4. The first kappa shape index (κ1) is 20.3. The van der Waals surface area contributed by atoms with Crippen molar-refractivity contribution >= 4 is 11.7 Å². The zero-order valence-corrected chi connectivity index (χ0v) is 18.4. The van der Waals surface area contributed by atoms with Gasteiger partial charge >= 0.3 is 5.97 Å². The van der Waals surface area contributed by atoms with Crippen molar-refractivity contribution in [2.45, 2.75) is 49.3 Å². The minimum atomic E-state index is -0.601. The fourth-order valence-electron chi connectivity index (χ4n) is 5.78. The first-order valence-electron chi connectivity index (χ1n) is 10.8. The maximum absolute atomic E-state index is 12.4. The standard InChI is InChI=1S/C25H28N2O4/c1-26(2)18-9-6-16(7-10-18)5-8-17-13-19-15-25(20(17)14-23(28)31-25)22-12-11-21(27(19)22)24(29-3)30-4/h6-7,9-10,13-14,19,21-22,24H,11-12,15H2,1-4H3/t19?,21-,22-,25+/m1/s1. The van der Waals surface area contributed by atoms with Gasteiger partial charge in [-0.15, -0.1) is 0 Å². The van der Waals surface area contributed by atoms with Crippen molar-refractivity contribution in [1.29, 1.82) is 0 Å². The first-order valence-corrected chi connectivity index (χ1v) is 10.8. The number of esters is 1. The van der Waals surface area contributed by atoms with Crippen LogP contribution in [0.25, 0.3) is 0 Å². The van der Waals surface area contributed by atoms with Crippen LogP contribution in [0.5, 0.6) is 0 Å². The molecule has 3 aliphatic heterocycles. The summed E-state index contributed by atoms with van der Waals surface area (Å²) in [6, 6.07) is 8.57. The summed E-state index contributed by atoms with van der Waals surface area (Å²) in [5.74, 6) is 6.36. The number of anilines is 1. The Morgan fingerprint density at radius 2 is 1.90 bits per heavy atom. The van der Waals surface area contributed by atoms with Crippen molar-refractivity contribution in [1.82, 2.24) is 4.90 Å². The molecule has 4 atom stereocenters. The molecule has 1 aliphatic carbocycles. The molecule has 6 nitrogen and oxygen atoms in total. The van der Waals surface area contributed by atoms with E-state index in [1.807, 2.05) is 26.2 Å². The lowest BCUT2D eigenvalue weighted by Gasteiger charge is -2.33. The van der Waals surface area contributed by atoms with Crippen molar-refractivity contribution in [3.63, 3.8) is 0 Å². The summed E-state index contributed by atoms with van der Waals surface area (Å²) in [6.07, 6.45) is 6.21. The molecule has 1 spiro atoms. The fourth-order valence-corrected chi connectivity index (χ4v) is 5.78. The minimum Gasteiger partial charge on any atom is -0.449 e. The highest BCUT2D eigenvalue weighted by molar-refractivity contribution is 5.90. The summed E-state index contributed by atoms with van der Waals surface area (Å²) >= 11 is 0. The Kier molecular flexibility index (Phi) is 4.93. The number of benzene rings is 1. The van der Waals surface area contributed by atoms with Crippen molar-refractivity contribution in [3.05, 3.63) is 53.1 Å². The van der Waals surface area contributed by atoms with Gasteiger partial charge in [0.1, 0.15) is 0 Å². The fraction of sp³-hybridized carbons (Fsp3) is 0.480. The van der Waals surface area contributed by atoms with Crippen LogP contribution in [0.1, 0.15) is 24.8 Å². The lowest BCUT2D eigenvalue weighted by Crippen LogP contribution is -2.48. The van der Waals surface area contributed by atoms with E-state index in [2.05, 4.69) is 39.8 Å². The largest absolute Gasteiger partial charge is 0.449 e. The average Bonchev–Trinajstić information content (AvgIpc) is 3.41. The van der Waals surface area contributed by atoms with E-state index in [1.165, 1.54) is 0 Å². The highest BCUT2D eigenvalue weighted by Crippen LogP contribution is 2.56. The molecule has 2 bridgehead atoms. The summed E-state index contributed by atoms with van der Waals surface area (Å²) in [4.78, 5) is 16.9. The molecule has 6 heteroatoms. The number of hydrogen-bond acceptors (Lipinski definition) is 6. The van der Waals surface area contributed by atoms with Gasteiger partial charge in [-0.05, 0) is 37.1 Å². The molecule has 4 aliphatic rings. The number of methoxy groups -OCH3 is 2. The van der Waals surface area contributed by atoms with Crippen LogP contribution in [0.15, 0.2) is 47.6 Å². The zero-order chi connectivity index (χ0) is 21.8. The number of carbonyl (C=O) groups is 1. The molecular weight excluding hydrogens is 392 g/mol. The predicted octanol–water partition coefficient (Wildman–Crippen LogP) is 2.49. The van der Waals surface area contributed by atoms with E-state index >= 15 is 0 Å². The smallest absolute Gasteiger partial charge is 0.332 e. The van der Waals surface area contributed by atoms with Gasteiger partial charge in [-0.2, -0.15) is 0 Å². The molecule has 162 valence electrons. The molecule has 3 heterocycles. The van der Waals surface area contributed by atoms with Gasteiger partial charge in [0.25, 0.3) is 0 Å². The molecule has 0 aromatic heterocycles. The second-order valence-corrected chi connectivity index (χ2v) is 8.86. The quantitative estimate of drug-likeness (QED) is 0.424. The van der Waals surface area contributed by atoms with E-state index in [4.69, 9.17) is 14.2 Å². The molecule has 2 fully saturated rings. The van der Waals surface area contributed by atoms with Gasteiger partial charge in [-0.3, -0.25) is 4.90 Å². The zero-order valence-electron chi connectivity index (χ0n) is 18.4. The summed E-state index contributed by atoms with van der Waals surface area (Å²) in [6.45, 7) is 0. The molecule has 0 saturated carbocycles. The topological polar surface area (TPSA) is 51.2 Å². The van der Waals surface area contributed by atoms with Gasteiger partial charge in [-0.1, -0.05) is 17.9 Å². The molecule has 1 aromatic rings. The summed E-state index contributed by atoms with van der Waals surface area (Å²) in [5, 5.41) is 0. The van der Waals surface area contributed by atoms with Crippen LogP contribution in [0.4, 0.5) is 5.69 Å². The van der Waals surface area contributed by atoms with Crippen molar-refractivity contribution < 1.29 is 19.0 Å². The van der Waals surface area contributed by atoms with Crippen molar-refractivity contribution in [2.75, 3.05) is 33.2 Å². The third-order valence-corrected chi connectivity index (χ3v) is 7.07. The number of carbonyl (C=O) groups excluding carboxylic acids is 1. The van der Waals surface area contributed by atoms with E-state index in [9.17, 15) is 4.79 Å². The third-order valence-electron chi connectivity index (χ3n) is 7.07. The average molecular weight is 421 g/mol. The molecule has 31 heavy (non-hydrogen) atoms. The molecule has 0 N–H and O–H groups in total. The van der Waals surface area contributed by atoms with Crippen LogP contribution >= 0.6 is 0 Å². The maximum atomic E-state index is 12.4. The predicted molar refractivity (Wildman–Crippen MR) is 117 cm³/mol. The second kappa shape index (κ2) is 7.52. The number of hydrogen-bond donors (Lipinski definition) is 0. The van der Waals surface area contributed by atoms with Crippen LogP contribution in [0.2, 0.25) is 0 Å². The lowest BCUT2D eigenvalue weighted by molar-refractivity contribution is -0.151. The number of nitrogens with zero attached hydrogens (tertiary/aromatic N) is 2. The van der Waals surface area contributed by atoms with E-state index in [-0.39, 0.29) is 30.4 Å². The Labute approximate surface area is 183 Å². The lowest BCUT2D eigenvalue weighted by atomic mass is 9.77. The Hall–Kier alpha value is -2.59. The van der Waals surface area contributed by atoms with Crippen LogP contribution in [-0.2, 0) is 19.0 Å². The highest BCUT2D eigenvalue weighted by atomic mass is 16.7. The monoisotopic (exact) mass is 420 g/mol. The van der Waals surface area contributed by atoms with E-state index in [1.54, 1.807) is 20.3 Å². The molecule has 0 radical (unpaired) electrons. The number of ether oxygens (including phenoxy) is 3. The SMILES string of the molecule is COC(OC)[C@H]1CC[C@H]2N1C1C=C(C#Cc3ccc(N(C)C)cc3)C3=CC(=O)O[C@@]32C1. The molecule has 2 saturated heterocycles. The summed E-state index contributed by atoms with van der Waals surface area (Å²) in [7, 11) is 7.39. The van der Waals surface area contributed by atoms with E-state index < -0.39 is 5.60 Å². The van der Waals surface area contributed by atoms with Gasteiger partial charge < -0.3 is 19.1 Å².